The Morgan fingerprint density at radius 2 is 1.62 bits per heavy atom. The number of nitrogens with one attached hydrogen (secondary N) is 2. The maximum atomic E-state index is 12.2. The van der Waals surface area contributed by atoms with Gasteiger partial charge in [-0.15, -0.1) is 0 Å². The minimum absolute atomic E-state index is 0.164. The van der Waals surface area contributed by atoms with E-state index in [-0.39, 0.29) is 12.1 Å². The second-order valence-electron chi connectivity index (χ2n) is 5.79. The van der Waals surface area contributed by atoms with Crippen LogP contribution in [0.5, 0.6) is 0 Å². The fourth-order valence-electron chi connectivity index (χ4n) is 2.48. The molecule has 1 aromatic carbocycles. The Balaban J connectivity index is 1.58. The lowest BCUT2D eigenvalue weighted by Crippen LogP contribution is -2.29. The second-order valence-corrected chi connectivity index (χ2v) is 5.79. The van der Waals surface area contributed by atoms with Crippen molar-refractivity contribution in [3.8, 4) is 5.82 Å². The number of amides is 1. The molecule has 0 atom stereocenters. The number of benzene rings is 1. The molecular weight excluding hydrogens is 382 g/mol. The van der Waals surface area contributed by atoms with E-state index in [4.69, 9.17) is 0 Å². The number of hydrogen-bond acceptors (Lipinski definition) is 8. The Morgan fingerprint density at radius 3 is 2.24 bits per heavy atom. The molecule has 0 unspecified atom stereocenters. The molecule has 0 aliphatic rings. The van der Waals surface area contributed by atoms with Crippen LogP contribution in [0.4, 0.5) is 17.2 Å². The number of aromatic nitrogens is 3. The summed E-state index contributed by atoms with van der Waals surface area (Å²) in [6, 6.07) is 8.24. The molecule has 29 heavy (non-hydrogen) atoms. The van der Waals surface area contributed by atoms with Gasteiger partial charge in [0.1, 0.15) is 18.0 Å². The highest BCUT2D eigenvalue weighted by Gasteiger charge is 2.19. The molecule has 2 heterocycles. The first-order valence-electron chi connectivity index (χ1n) is 8.35. The number of nitro benzene ring substituents is 2. The number of anilines is 1. The van der Waals surface area contributed by atoms with Crippen LogP contribution in [0.25, 0.3) is 5.82 Å². The molecule has 0 fully saturated rings. The lowest BCUT2D eigenvalue weighted by Gasteiger charge is -2.09. The number of nitro groups is 2. The summed E-state index contributed by atoms with van der Waals surface area (Å²) in [5.41, 5.74) is -1.22. The Bertz CT molecular complexity index is 1020. The third-order valence-electron chi connectivity index (χ3n) is 3.82. The van der Waals surface area contributed by atoms with Crippen LogP contribution in [-0.4, -0.2) is 43.4 Å². The van der Waals surface area contributed by atoms with Gasteiger partial charge in [0.2, 0.25) is 0 Å². The van der Waals surface area contributed by atoms with Gasteiger partial charge in [-0.25, -0.2) is 9.97 Å². The monoisotopic (exact) mass is 397 g/mol. The first-order valence-corrected chi connectivity index (χ1v) is 8.35. The average molecular weight is 397 g/mol. The second kappa shape index (κ2) is 8.56. The number of non-ortho nitro benzene ring substituents is 2. The topological polar surface area (TPSA) is 158 Å². The third kappa shape index (κ3) is 4.88. The molecule has 148 valence electrons. The molecule has 0 bridgehead atoms. The molecule has 0 aliphatic heterocycles. The van der Waals surface area contributed by atoms with Crippen LogP contribution in [-0.2, 0) is 0 Å². The molecule has 2 N–H and O–H groups in total. The average Bonchev–Trinajstić information content (AvgIpc) is 3.26. The largest absolute Gasteiger partial charge is 0.368 e. The van der Waals surface area contributed by atoms with Crippen molar-refractivity contribution in [3.63, 3.8) is 0 Å². The van der Waals surface area contributed by atoms with Crippen LogP contribution in [0.1, 0.15) is 10.4 Å². The van der Waals surface area contributed by atoms with Crippen molar-refractivity contribution in [1.82, 2.24) is 19.9 Å². The molecule has 2 aromatic heterocycles. The first kappa shape index (κ1) is 19.4. The smallest absolute Gasteiger partial charge is 0.277 e. The molecule has 3 aromatic rings. The highest BCUT2D eigenvalue weighted by molar-refractivity contribution is 5.95. The predicted molar refractivity (Wildman–Crippen MR) is 102 cm³/mol. The standard InChI is InChI=1S/C17H15N7O5/c25-17(12-7-13(23(26)27)9-14(8-12)24(28)29)19-4-3-18-15-10-16(21-11-20-15)22-5-1-2-6-22/h1-2,5-11H,3-4H2,(H,19,25)(H,18,20,21). The van der Waals surface area contributed by atoms with Gasteiger partial charge in [0.15, 0.2) is 0 Å². The Kier molecular flexibility index (Phi) is 5.73. The van der Waals surface area contributed by atoms with Crippen LogP contribution in [0, 0.1) is 20.2 Å². The molecule has 0 saturated heterocycles. The zero-order valence-electron chi connectivity index (χ0n) is 14.9. The van der Waals surface area contributed by atoms with Crippen LogP contribution in [0.15, 0.2) is 55.1 Å². The van der Waals surface area contributed by atoms with Crippen molar-refractivity contribution in [2.24, 2.45) is 0 Å². The lowest BCUT2D eigenvalue weighted by molar-refractivity contribution is -0.394. The fourth-order valence-corrected chi connectivity index (χ4v) is 2.48. The molecular formula is C17H15N7O5. The van der Waals surface area contributed by atoms with Gasteiger partial charge in [0, 0.05) is 43.7 Å². The van der Waals surface area contributed by atoms with E-state index in [1.165, 1.54) is 6.33 Å². The lowest BCUT2D eigenvalue weighted by atomic mass is 10.1. The highest BCUT2D eigenvalue weighted by atomic mass is 16.6. The normalized spacial score (nSPS) is 10.3. The molecule has 0 radical (unpaired) electrons. The summed E-state index contributed by atoms with van der Waals surface area (Å²) in [4.78, 5) is 40.7. The number of carbonyl (C=O) groups excluding carboxylic acids is 1. The molecule has 12 nitrogen and oxygen atoms in total. The molecule has 0 saturated carbocycles. The quantitative estimate of drug-likeness (QED) is 0.331. The first-order chi connectivity index (χ1) is 13.9. The molecule has 0 aliphatic carbocycles. The van der Waals surface area contributed by atoms with Crippen molar-refractivity contribution in [3.05, 3.63) is 80.9 Å². The minimum Gasteiger partial charge on any atom is -0.368 e. The summed E-state index contributed by atoms with van der Waals surface area (Å²) in [6.45, 7) is 0.475. The van der Waals surface area contributed by atoms with Gasteiger partial charge in [0.25, 0.3) is 17.3 Å². The van der Waals surface area contributed by atoms with Crippen molar-refractivity contribution in [2.75, 3.05) is 18.4 Å². The van der Waals surface area contributed by atoms with Gasteiger partial charge in [-0.1, -0.05) is 0 Å². The number of rotatable bonds is 8. The Morgan fingerprint density at radius 1 is 0.966 bits per heavy atom. The van der Waals surface area contributed by atoms with E-state index in [1.807, 2.05) is 29.1 Å². The van der Waals surface area contributed by atoms with E-state index >= 15 is 0 Å². The summed E-state index contributed by atoms with van der Waals surface area (Å²) in [5.74, 6) is 0.554. The van der Waals surface area contributed by atoms with Gasteiger partial charge in [0.05, 0.1) is 21.5 Å². The van der Waals surface area contributed by atoms with Crippen molar-refractivity contribution >= 4 is 23.1 Å². The van der Waals surface area contributed by atoms with Crippen molar-refractivity contribution in [1.29, 1.82) is 0 Å². The zero-order chi connectivity index (χ0) is 20.8. The van der Waals surface area contributed by atoms with Crippen molar-refractivity contribution in [2.45, 2.75) is 0 Å². The predicted octanol–water partition coefficient (Wildman–Crippen LogP) is 1.93. The Hall–Kier alpha value is -4.35. The van der Waals surface area contributed by atoms with Gasteiger partial charge >= 0.3 is 0 Å². The Labute approximate surface area is 163 Å². The van der Waals surface area contributed by atoms with E-state index in [1.54, 1.807) is 6.07 Å². The maximum absolute atomic E-state index is 12.2. The highest BCUT2D eigenvalue weighted by Crippen LogP contribution is 2.22. The van der Waals surface area contributed by atoms with Gasteiger partial charge < -0.3 is 15.2 Å². The van der Waals surface area contributed by atoms with Crippen LogP contribution in [0.2, 0.25) is 0 Å². The number of carbonyl (C=O) groups is 1. The van der Waals surface area contributed by atoms with Crippen LogP contribution >= 0.6 is 0 Å². The van der Waals surface area contributed by atoms with E-state index in [0.717, 1.165) is 18.2 Å². The van der Waals surface area contributed by atoms with Crippen LogP contribution in [0.3, 0.4) is 0 Å². The van der Waals surface area contributed by atoms with Gasteiger partial charge in [-0.05, 0) is 12.1 Å². The fraction of sp³-hybridized carbons (Fsp3) is 0.118. The third-order valence-corrected chi connectivity index (χ3v) is 3.82. The van der Waals surface area contributed by atoms with Crippen LogP contribution < -0.4 is 10.6 Å². The summed E-state index contributed by atoms with van der Waals surface area (Å²) in [5, 5.41) is 27.4. The molecule has 12 heteroatoms. The van der Waals surface area contributed by atoms with E-state index in [9.17, 15) is 25.0 Å². The number of nitrogens with zero attached hydrogens (tertiary/aromatic N) is 5. The molecule has 0 spiro atoms. The van der Waals surface area contributed by atoms with E-state index < -0.39 is 27.1 Å². The SMILES string of the molecule is O=C(NCCNc1cc(-n2cccc2)ncn1)c1cc([N+](=O)[O-])cc([N+](=O)[O-])c1. The van der Waals surface area contributed by atoms with E-state index in [0.29, 0.717) is 18.2 Å². The molecule has 3 rings (SSSR count). The van der Waals surface area contributed by atoms with Gasteiger partial charge in [-0.2, -0.15) is 0 Å². The zero-order valence-corrected chi connectivity index (χ0v) is 14.9. The molecule has 1 amide bonds. The van der Waals surface area contributed by atoms with Crippen molar-refractivity contribution < 1.29 is 14.6 Å². The summed E-state index contributed by atoms with van der Waals surface area (Å²) >= 11 is 0. The van der Waals surface area contributed by atoms with E-state index in [2.05, 4.69) is 20.6 Å². The minimum atomic E-state index is -0.789. The number of hydrogen-bond donors (Lipinski definition) is 2. The summed E-state index contributed by atoms with van der Waals surface area (Å²) in [6.07, 6.45) is 5.08. The van der Waals surface area contributed by atoms with Gasteiger partial charge in [-0.3, -0.25) is 25.0 Å². The summed E-state index contributed by atoms with van der Waals surface area (Å²) in [7, 11) is 0. The summed E-state index contributed by atoms with van der Waals surface area (Å²) < 4.78 is 1.81. The maximum Gasteiger partial charge on any atom is 0.277 e.